The molecule has 21 heavy (non-hydrogen) atoms. The number of hydrogen-bond acceptors (Lipinski definition) is 3. The van der Waals surface area contributed by atoms with Gasteiger partial charge in [0.1, 0.15) is 18.2 Å². The molecule has 4 nitrogen and oxygen atoms in total. The summed E-state index contributed by atoms with van der Waals surface area (Å²) in [4.78, 5) is 0. The van der Waals surface area contributed by atoms with Gasteiger partial charge in [-0.25, -0.2) is 4.39 Å². The predicted octanol–water partition coefficient (Wildman–Crippen LogP) is 3.46. The van der Waals surface area contributed by atoms with Crippen LogP contribution >= 0.6 is 11.6 Å². The molecule has 0 fully saturated rings. The van der Waals surface area contributed by atoms with Crippen LogP contribution in [0.15, 0.2) is 41.6 Å². The Morgan fingerprint density at radius 3 is 2.76 bits per heavy atom. The van der Waals surface area contributed by atoms with Gasteiger partial charge in [-0.3, -0.25) is 0 Å². The van der Waals surface area contributed by atoms with Crippen LogP contribution in [0.5, 0.6) is 5.75 Å². The molecule has 0 spiro atoms. The maximum Gasteiger partial charge on any atom is 0.170 e. The zero-order valence-electron chi connectivity index (χ0n) is 11.3. The molecule has 0 saturated heterocycles. The predicted molar refractivity (Wildman–Crippen MR) is 79.4 cm³/mol. The molecule has 6 heteroatoms. The summed E-state index contributed by atoms with van der Waals surface area (Å²) in [5, 5.41) is 11.7. The van der Waals surface area contributed by atoms with E-state index in [1.165, 1.54) is 12.1 Å². The molecule has 0 bridgehead atoms. The van der Waals surface area contributed by atoms with Crippen molar-refractivity contribution in [2.24, 2.45) is 10.9 Å². The van der Waals surface area contributed by atoms with Crippen molar-refractivity contribution in [3.05, 3.63) is 63.9 Å². The van der Waals surface area contributed by atoms with Crippen LogP contribution in [0, 0.1) is 12.7 Å². The van der Waals surface area contributed by atoms with Gasteiger partial charge in [0.05, 0.1) is 5.02 Å². The smallest absolute Gasteiger partial charge is 0.170 e. The van der Waals surface area contributed by atoms with Crippen LogP contribution in [-0.2, 0) is 6.61 Å². The summed E-state index contributed by atoms with van der Waals surface area (Å²) in [6.45, 7) is 2.06. The van der Waals surface area contributed by atoms with Crippen molar-refractivity contribution in [2.45, 2.75) is 13.5 Å². The first-order valence-electron chi connectivity index (χ1n) is 6.16. The van der Waals surface area contributed by atoms with Gasteiger partial charge in [0, 0.05) is 5.56 Å². The Labute approximate surface area is 126 Å². The van der Waals surface area contributed by atoms with Crippen LogP contribution in [0.1, 0.15) is 16.7 Å². The number of halogens is 2. The number of nitrogens with zero attached hydrogens (tertiary/aromatic N) is 1. The molecule has 3 N–H and O–H groups in total. The second-order valence-electron chi connectivity index (χ2n) is 4.50. The van der Waals surface area contributed by atoms with Crippen LogP contribution in [0.3, 0.4) is 0 Å². The van der Waals surface area contributed by atoms with Gasteiger partial charge in [-0.1, -0.05) is 35.0 Å². The van der Waals surface area contributed by atoms with Crippen LogP contribution < -0.4 is 10.5 Å². The van der Waals surface area contributed by atoms with E-state index in [-0.39, 0.29) is 17.5 Å². The number of nitrogens with two attached hydrogens (primary N) is 1. The van der Waals surface area contributed by atoms with Gasteiger partial charge < -0.3 is 15.7 Å². The summed E-state index contributed by atoms with van der Waals surface area (Å²) in [5.41, 5.74) is 7.62. The van der Waals surface area contributed by atoms with E-state index in [4.69, 9.17) is 27.3 Å². The van der Waals surface area contributed by atoms with E-state index < -0.39 is 5.82 Å². The van der Waals surface area contributed by atoms with Gasteiger partial charge in [-0.15, -0.1) is 0 Å². The minimum Gasteiger partial charge on any atom is -0.489 e. The van der Waals surface area contributed by atoms with E-state index in [0.717, 1.165) is 5.56 Å². The highest BCUT2D eigenvalue weighted by molar-refractivity contribution is 6.30. The summed E-state index contributed by atoms with van der Waals surface area (Å²) in [7, 11) is 0. The molecule has 0 aliphatic heterocycles. The highest BCUT2D eigenvalue weighted by Gasteiger charge is 2.07. The van der Waals surface area contributed by atoms with Crippen molar-refractivity contribution in [2.75, 3.05) is 0 Å². The number of amidine groups is 1. The van der Waals surface area contributed by atoms with Gasteiger partial charge in [0.15, 0.2) is 5.84 Å². The third-order valence-corrected chi connectivity index (χ3v) is 3.28. The molecular formula is C15H14ClFN2O2. The second kappa shape index (κ2) is 6.45. The Morgan fingerprint density at radius 1 is 1.33 bits per heavy atom. The fourth-order valence-corrected chi connectivity index (χ4v) is 1.88. The summed E-state index contributed by atoms with van der Waals surface area (Å²) < 4.78 is 19.0. The molecule has 2 aromatic carbocycles. The number of oxime groups is 1. The highest BCUT2D eigenvalue weighted by Crippen LogP contribution is 2.22. The molecule has 0 unspecified atom stereocenters. The third-order valence-electron chi connectivity index (χ3n) is 2.97. The summed E-state index contributed by atoms with van der Waals surface area (Å²) in [5.74, 6) is 0.0896. The first kappa shape index (κ1) is 15.1. The van der Waals surface area contributed by atoms with Gasteiger partial charge in [-0.2, -0.15) is 0 Å². The zero-order valence-corrected chi connectivity index (χ0v) is 12.1. The monoisotopic (exact) mass is 308 g/mol. The zero-order chi connectivity index (χ0) is 15.4. The van der Waals surface area contributed by atoms with E-state index in [2.05, 4.69) is 5.16 Å². The number of ether oxygens (including phenoxy) is 1. The standard InChI is InChI=1S/C15H14ClFN2O2/c1-9-2-4-11(15(18)19-20)7-14(9)21-8-10-3-5-12(16)13(17)6-10/h2-7,20H,8H2,1H3,(H2,18,19). The average molecular weight is 309 g/mol. The molecule has 0 heterocycles. The maximum atomic E-state index is 13.4. The molecule has 0 aliphatic rings. The van der Waals surface area contributed by atoms with Crippen molar-refractivity contribution in [1.29, 1.82) is 0 Å². The molecule has 2 aromatic rings. The molecule has 0 aliphatic carbocycles. The van der Waals surface area contributed by atoms with Crippen LogP contribution in [0.2, 0.25) is 5.02 Å². The number of rotatable bonds is 4. The quantitative estimate of drug-likeness (QED) is 0.393. The normalized spacial score (nSPS) is 11.5. The van der Waals surface area contributed by atoms with E-state index in [1.807, 2.05) is 6.92 Å². The SMILES string of the molecule is Cc1ccc(/C(N)=N/O)cc1OCc1ccc(Cl)c(F)c1. The summed E-state index contributed by atoms with van der Waals surface area (Å²) >= 11 is 5.63. The summed E-state index contributed by atoms with van der Waals surface area (Å²) in [6, 6.07) is 9.68. The molecule has 110 valence electrons. The van der Waals surface area contributed by atoms with Crippen molar-refractivity contribution in [1.82, 2.24) is 0 Å². The summed E-state index contributed by atoms with van der Waals surface area (Å²) in [6.07, 6.45) is 0. The number of hydrogen-bond donors (Lipinski definition) is 2. The lowest BCUT2D eigenvalue weighted by Gasteiger charge is -2.11. The molecule has 0 amide bonds. The van der Waals surface area contributed by atoms with Gasteiger partial charge in [-0.05, 0) is 36.2 Å². The van der Waals surface area contributed by atoms with Crippen molar-refractivity contribution < 1.29 is 14.3 Å². The molecule has 0 radical (unpaired) electrons. The fourth-order valence-electron chi connectivity index (χ4n) is 1.76. The van der Waals surface area contributed by atoms with E-state index in [0.29, 0.717) is 16.9 Å². The Hall–Kier alpha value is -2.27. The molecule has 2 rings (SSSR count). The molecule has 0 aromatic heterocycles. The number of benzene rings is 2. The molecule has 0 atom stereocenters. The van der Waals surface area contributed by atoms with Crippen LogP contribution in [0.4, 0.5) is 4.39 Å². The molecule has 0 saturated carbocycles. The van der Waals surface area contributed by atoms with E-state index in [9.17, 15) is 4.39 Å². The van der Waals surface area contributed by atoms with E-state index in [1.54, 1.807) is 24.3 Å². The van der Waals surface area contributed by atoms with Crippen molar-refractivity contribution in [3.63, 3.8) is 0 Å². The van der Waals surface area contributed by atoms with Gasteiger partial charge in [0.2, 0.25) is 0 Å². The van der Waals surface area contributed by atoms with Crippen LogP contribution in [-0.4, -0.2) is 11.0 Å². The first-order chi connectivity index (χ1) is 10.0. The topological polar surface area (TPSA) is 67.8 Å². The van der Waals surface area contributed by atoms with E-state index >= 15 is 0 Å². The minimum absolute atomic E-state index is 0.00242. The lowest BCUT2D eigenvalue weighted by Crippen LogP contribution is -2.13. The Balaban J connectivity index is 2.17. The van der Waals surface area contributed by atoms with Crippen molar-refractivity contribution in [3.8, 4) is 5.75 Å². The third kappa shape index (κ3) is 3.64. The van der Waals surface area contributed by atoms with Crippen LogP contribution in [0.25, 0.3) is 0 Å². The number of aryl methyl sites for hydroxylation is 1. The second-order valence-corrected chi connectivity index (χ2v) is 4.91. The Kier molecular flexibility index (Phi) is 4.65. The van der Waals surface area contributed by atoms with Gasteiger partial charge >= 0.3 is 0 Å². The lowest BCUT2D eigenvalue weighted by atomic mass is 10.1. The highest BCUT2D eigenvalue weighted by atomic mass is 35.5. The minimum atomic E-state index is -0.486. The first-order valence-corrected chi connectivity index (χ1v) is 6.54. The maximum absolute atomic E-state index is 13.4. The average Bonchev–Trinajstić information content (AvgIpc) is 2.49. The molecular weight excluding hydrogens is 295 g/mol. The Morgan fingerprint density at radius 2 is 2.10 bits per heavy atom. The van der Waals surface area contributed by atoms with Crippen molar-refractivity contribution >= 4 is 17.4 Å². The van der Waals surface area contributed by atoms with Gasteiger partial charge in [0.25, 0.3) is 0 Å². The fraction of sp³-hybridized carbons (Fsp3) is 0.133. The largest absolute Gasteiger partial charge is 0.489 e. The lowest BCUT2D eigenvalue weighted by molar-refractivity contribution is 0.303. The Bertz CT molecular complexity index is 689.